The van der Waals surface area contributed by atoms with Gasteiger partial charge in [-0.3, -0.25) is 14.4 Å². The zero-order valence-electron chi connectivity index (χ0n) is 25.1. The SMILES string of the molecule is C[C@@H](NC(=O)OC(C)(C)C)C(=O)NCCCN1CCN(CCCNc2cccc3c2C(=O)c2ccccc2C3=O)CC1. The van der Waals surface area contributed by atoms with E-state index in [1.54, 1.807) is 58.0 Å². The molecule has 0 radical (unpaired) electrons. The topological polar surface area (TPSA) is 120 Å². The summed E-state index contributed by atoms with van der Waals surface area (Å²) < 4.78 is 5.19. The van der Waals surface area contributed by atoms with E-state index in [1.165, 1.54) is 0 Å². The molecule has 0 spiro atoms. The van der Waals surface area contributed by atoms with E-state index in [9.17, 15) is 19.2 Å². The first-order chi connectivity index (χ1) is 20.0. The van der Waals surface area contributed by atoms with E-state index in [2.05, 4.69) is 25.8 Å². The predicted molar refractivity (Wildman–Crippen MR) is 162 cm³/mol. The van der Waals surface area contributed by atoms with Gasteiger partial charge in [-0.25, -0.2) is 4.79 Å². The van der Waals surface area contributed by atoms with Gasteiger partial charge in [0.1, 0.15) is 11.6 Å². The van der Waals surface area contributed by atoms with Gasteiger partial charge in [0.25, 0.3) is 0 Å². The molecular formula is C32H43N5O5. The van der Waals surface area contributed by atoms with Gasteiger partial charge in [0.2, 0.25) is 5.91 Å². The van der Waals surface area contributed by atoms with Crippen LogP contribution < -0.4 is 16.0 Å². The molecule has 0 aromatic heterocycles. The summed E-state index contributed by atoms with van der Waals surface area (Å²) in [5, 5.41) is 8.84. The molecular weight excluding hydrogens is 534 g/mol. The van der Waals surface area contributed by atoms with E-state index in [-0.39, 0.29) is 17.5 Å². The third-order valence-corrected chi connectivity index (χ3v) is 7.46. The van der Waals surface area contributed by atoms with Crippen LogP contribution in [0.25, 0.3) is 0 Å². The normalized spacial score (nSPS) is 16.3. The molecule has 1 aliphatic heterocycles. The van der Waals surface area contributed by atoms with E-state index in [0.717, 1.165) is 52.1 Å². The molecule has 1 saturated heterocycles. The quantitative estimate of drug-likeness (QED) is 0.297. The Kier molecular flexibility index (Phi) is 10.3. The van der Waals surface area contributed by atoms with Crippen LogP contribution in [0.5, 0.6) is 0 Å². The Morgan fingerprint density at radius 3 is 2.02 bits per heavy atom. The summed E-state index contributed by atoms with van der Waals surface area (Å²) in [5.74, 6) is -0.434. The maximum absolute atomic E-state index is 13.2. The predicted octanol–water partition coefficient (Wildman–Crippen LogP) is 3.30. The molecule has 42 heavy (non-hydrogen) atoms. The Morgan fingerprint density at radius 1 is 0.833 bits per heavy atom. The minimum Gasteiger partial charge on any atom is -0.444 e. The monoisotopic (exact) mass is 577 g/mol. The molecule has 0 unspecified atom stereocenters. The highest BCUT2D eigenvalue weighted by Gasteiger charge is 2.31. The van der Waals surface area contributed by atoms with Crippen LogP contribution in [0.15, 0.2) is 42.5 Å². The summed E-state index contributed by atoms with van der Waals surface area (Å²) in [6, 6.07) is 11.8. The van der Waals surface area contributed by atoms with Crippen molar-refractivity contribution in [1.82, 2.24) is 20.4 Å². The van der Waals surface area contributed by atoms with Crippen molar-refractivity contribution >= 4 is 29.3 Å². The average Bonchev–Trinajstić information content (AvgIpc) is 2.95. The second-order valence-electron chi connectivity index (χ2n) is 11.9. The third kappa shape index (κ3) is 8.17. The van der Waals surface area contributed by atoms with Crippen LogP contribution in [0.4, 0.5) is 10.5 Å². The first kappa shape index (κ1) is 31.2. The number of amides is 2. The minimum atomic E-state index is -0.662. The molecule has 1 atom stereocenters. The molecule has 10 heteroatoms. The lowest BCUT2D eigenvalue weighted by atomic mass is 9.83. The van der Waals surface area contributed by atoms with Crippen LogP contribution in [0.1, 0.15) is 72.4 Å². The first-order valence-corrected chi connectivity index (χ1v) is 14.8. The highest BCUT2D eigenvalue weighted by molar-refractivity contribution is 6.30. The number of ether oxygens (including phenoxy) is 1. The maximum atomic E-state index is 13.2. The van der Waals surface area contributed by atoms with Gasteiger partial charge >= 0.3 is 6.09 Å². The van der Waals surface area contributed by atoms with Crippen LogP contribution in [0.2, 0.25) is 0 Å². The standard InChI is InChI=1S/C32H43N5O5/c1-22(35-31(41)42-32(2,3)4)30(40)34-15-9-17-37-20-18-36(19-21-37)16-8-14-33-26-13-7-12-25-27(26)29(39)24-11-6-5-10-23(24)28(25)38/h5-7,10-13,22,33H,8-9,14-21H2,1-4H3,(H,34,40)(H,35,41)/t22-/m1/s1. The van der Waals surface area contributed by atoms with Crippen molar-refractivity contribution in [1.29, 1.82) is 0 Å². The van der Waals surface area contributed by atoms with Gasteiger partial charge < -0.3 is 30.5 Å². The number of benzene rings is 2. The Balaban J connectivity index is 1.11. The third-order valence-electron chi connectivity index (χ3n) is 7.46. The summed E-state index contributed by atoms with van der Waals surface area (Å²) in [4.78, 5) is 55.1. The van der Waals surface area contributed by atoms with E-state index >= 15 is 0 Å². The van der Waals surface area contributed by atoms with Gasteiger partial charge in [-0.1, -0.05) is 36.4 Å². The number of carbonyl (C=O) groups is 4. The number of hydrogen-bond donors (Lipinski definition) is 3. The van der Waals surface area contributed by atoms with Gasteiger partial charge in [0.05, 0.1) is 5.56 Å². The van der Waals surface area contributed by atoms with Crippen LogP contribution in [-0.2, 0) is 9.53 Å². The minimum absolute atomic E-state index is 0.103. The van der Waals surface area contributed by atoms with Gasteiger partial charge in [0, 0.05) is 61.6 Å². The molecule has 2 aromatic carbocycles. The van der Waals surface area contributed by atoms with E-state index in [4.69, 9.17) is 4.74 Å². The fourth-order valence-corrected chi connectivity index (χ4v) is 5.27. The van der Waals surface area contributed by atoms with Crippen molar-refractivity contribution in [2.24, 2.45) is 0 Å². The lowest BCUT2D eigenvalue weighted by Gasteiger charge is -2.34. The van der Waals surface area contributed by atoms with Crippen molar-refractivity contribution in [2.45, 2.75) is 52.2 Å². The molecule has 3 N–H and O–H groups in total. The number of hydrogen-bond acceptors (Lipinski definition) is 8. The summed E-state index contributed by atoms with van der Waals surface area (Å²) in [5.41, 5.74) is 1.98. The Morgan fingerprint density at radius 2 is 1.40 bits per heavy atom. The highest BCUT2D eigenvalue weighted by atomic mass is 16.6. The zero-order chi connectivity index (χ0) is 30.3. The van der Waals surface area contributed by atoms with Crippen molar-refractivity contribution in [3.05, 3.63) is 64.7 Å². The van der Waals surface area contributed by atoms with E-state index in [1.807, 2.05) is 12.1 Å². The second kappa shape index (κ2) is 13.9. The largest absolute Gasteiger partial charge is 0.444 e. The van der Waals surface area contributed by atoms with E-state index in [0.29, 0.717) is 41.0 Å². The van der Waals surface area contributed by atoms with Gasteiger partial charge in [-0.2, -0.15) is 0 Å². The second-order valence-corrected chi connectivity index (χ2v) is 11.9. The molecule has 2 amide bonds. The van der Waals surface area contributed by atoms with Crippen LogP contribution in [0.3, 0.4) is 0 Å². The Bertz CT molecular complexity index is 1300. The zero-order valence-corrected chi connectivity index (χ0v) is 25.1. The summed E-state index contributed by atoms with van der Waals surface area (Å²) in [7, 11) is 0. The van der Waals surface area contributed by atoms with Crippen LogP contribution >= 0.6 is 0 Å². The highest BCUT2D eigenvalue weighted by Crippen LogP contribution is 2.31. The number of ketones is 2. The molecule has 0 bridgehead atoms. The molecule has 1 heterocycles. The van der Waals surface area contributed by atoms with Crippen molar-refractivity contribution in [3.8, 4) is 0 Å². The fraction of sp³-hybridized carbons (Fsp3) is 0.500. The van der Waals surface area contributed by atoms with Crippen molar-refractivity contribution < 1.29 is 23.9 Å². The van der Waals surface area contributed by atoms with Crippen LogP contribution in [-0.4, -0.2) is 97.4 Å². The number of nitrogens with one attached hydrogen (secondary N) is 3. The molecule has 1 aliphatic carbocycles. The number of nitrogens with zero attached hydrogens (tertiary/aromatic N) is 2. The molecule has 10 nitrogen and oxygen atoms in total. The smallest absolute Gasteiger partial charge is 0.408 e. The number of rotatable bonds is 11. The first-order valence-electron chi connectivity index (χ1n) is 14.8. The molecule has 2 aliphatic rings. The van der Waals surface area contributed by atoms with Gasteiger partial charge in [0.15, 0.2) is 11.6 Å². The Hall–Kier alpha value is -3.76. The average molecular weight is 578 g/mol. The fourth-order valence-electron chi connectivity index (χ4n) is 5.27. The van der Waals surface area contributed by atoms with Gasteiger partial charge in [-0.05, 0) is 59.7 Å². The number of anilines is 1. The lowest BCUT2D eigenvalue weighted by molar-refractivity contribution is -0.122. The number of alkyl carbamates (subject to hydrolysis) is 1. The summed E-state index contributed by atoms with van der Waals surface area (Å²) in [6.07, 6.45) is 1.15. The van der Waals surface area contributed by atoms with Gasteiger partial charge in [-0.15, -0.1) is 0 Å². The number of piperazine rings is 1. The number of carbonyl (C=O) groups excluding carboxylic acids is 4. The molecule has 226 valence electrons. The van der Waals surface area contributed by atoms with Crippen molar-refractivity contribution in [3.63, 3.8) is 0 Å². The van der Waals surface area contributed by atoms with Crippen LogP contribution in [0, 0.1) is 0 Å². The molecule has 2 aromatic rings. The summed E-state index contributed by atoms with van der Waals surface area (Å²) >= 11 is 0. The van der Waals surface area contributed by atoms with E-state index < -0.39 is 17.7 Å². The molecule has 1 fully saturated rings. The number of fused-ring (bicyclic) bond motifs is 2. The summed E-state index contributed by atoms with van der Waals surface area (Å²) in [6.45, 7) is 14.0. The molecule has 0 saturated carbocycles. The maximum Gasteiger partial charge on any atom is 0.408 e. The lowest BCUT2D eigenvalue weighted by Crippen LogP contribution is -2.48. The molecule has 4 rings (SSSR count). The Labute approximate surface area is 248 Å². The van der Waals surface area contributed by atoms with Crippen molar-refractivity contribution in [2.75, 3.05) is 57.7 Å².